The molecule has 1 N–H and O–H groups in total. The van der Waals surface area contributed by atoms with Gasteiger partial charge in [-0.05, 0) is 25.8 Å². The molecule has 2 aromatic rings. The Labute approximate surface area is 101 Å². The second kappa shape index (κ2) is 5.15. The molecular weight excluding hydrogens is 214 g/mol. The number of aliphatic hydroxyl groups is 1. The van der Waals surface area contributed by atoms with Crippen LogP contribution in [0.3, 0.4) is 0 Å². The Morgan fingerprint density at radius 1 is 1.24 bits per heavy atom. The molecule has 3 heteroatoms. The van der Waals surface area contributed by atoms with Crippen LogP contribution in [0.2, 0.25) is 0 Å². The average molecular weight is 231 g/mol. The number of aliphatic hydroxyl groups excluding tert-OH is 1. The van der Waals surface area contributed by atoms with Crippen LogP contribution >= 0.6 is 0 Å². The van der Waals surface area contributed by atoms with Gasteiger partial charge in [0.25, 0.3) is 0 Å². The first-order chi connectivity index (χ1) is 8.20. The van der Waals surface area contributed by atoms with E-state index in [4.69, 9.17) is 9.63 Å². The highest BCUT2D eigenvalue weighted by Gasteiger charge is 2.08. The Morgan fingerprint density at radius 2 is 2.06 bits per heavy atom. The fourth-order valence-electron chi connectivity index (χ4n) is 1.91. The predicted molar refractivity (Wildman–Crippen MR) is 66.8 cm³/mol. The van der Waals surface area contributed by atoms with Crippen LogP contribution in [0.15, 0.2) is 28.8 Å². The van der Waals surface area contributed by atoms with Gasteiger partial charge in [-0.25, -0.2) is 0 Å². The van der Waals surface area contributed by atoms with E-state index in [0.29, 0.717) is 6.42 Å². The number of hydrogen-bond donors (Lipinski definition) is 1. The van der Waals surface area contributed by atoms with Gasteiger partial charge >= 0.3 is 0 Å². The number of benzene rings is 1. The normalized spacial score (nSPS) is 10.8. The summed E-state index contributed by atoms with van der Waals surface area (Å²) in [7, 11) is 0. The van der Waals surface area contributed by atoms with Gasteiger partial charge in [0, 0.05) is 24.7 Å². The lowest BCUT2D eigenvalue weighted by Gasteiger charge is -2.02. The lowest BCUT2D eigenvalue weighted by molar-refractivity contribution is 0.280. The highest BCUT2D eigenvalue weighted by Crippen LogP contribution is 2.24. The summed E-state index contributed by atoms with van der Waals surface area (Å²) in [5.41, 5.74) is 4.42. The van der Waals surface area contributed by atoms with Crippen LogP contribution in [-0.2, 0) is 6.42 Å². The molecule has 1 heterocycles. The number of aryl methyl sites for hydroxylation is 3. The predicted octanol–water partition coefficient (Wildman–Crippen LogP) is 2.88. The van der Waals surface area contributed by atoms with Gasteiger partial charge in [0.05, 0.1) is 0 Å². The van der Waals surface area contributed by atoms with Crippen molar-refractivity contribution in [1.29, 1.82) is 0 Å². The zero-order valence-corrected chi connectivity index (χ0v) is 10.2. The van der Waals surface area contributed by atoms with Crippen molar-refractivity contribution in [1.82, 2.24) is 5.16 Å². The van der Waals surface area contributed by atoms with Gasteiger partial charge in [-0.1, -0.05) is 28.9 Å². The molecule has 1 aromatic heterocycles. The maximum Gasteiger partial charge on any atom is 0.137 e. The highest BCUT2D eigenvalue weighted by atomic mass is 16.5. The Balaban J connectivity index is 2.24. The van der Waals surface area contributed by atoms with E-state index < -0.39 is 0 Å². The zero-order valence-electron chi connectivity index (χ0n) is 10.2. The number of hydrogen-bond acceptors (Lipinski definition) is 3. The van der Waals surface area contributed by atoms with Gasteiger partial charge in [0.15, 0.2) is 0 Å². The molecule has 0 aliphatic heterocycles. The SMILES string of the molecule is Cc1ccc(-c2cc(CCCO)on2)c(C)c1. The van der Waals surface area contributed by atoms with E-state index in [9.17, 15) is 0 Å². The lowest BCUT2D eigenvalue weighted by atomic mass is 10.0. The van der Waals surface area contributed by atoms with Crippen LogP contribution in [0.1, 0.15) is 23.3 Å². The van der Waals surface area contributed by atoms with Crippen LogP contribution in [0, 0.1) is 13.8 Å². The van der Waals surface area contributed by atoms with E-state index >= 15 is 0 Å². The molecule has 0 fully saturated rings. The molecule has 0 bridgehead atoms. The molecule has 0 saturated heterocycles. The van der Waals surface area contributed by atoms with E-state index in [2.05, 4.69) is 37.2 Å². The largest absolute Gasteiger partial charge is 0.396 e. The maximum absolute atomic E-state index is 8.76. The molecule has 0 spiro atoms. The van der Waals surface area contributed by atoms with Crippen LogP contribution in [0.4, 0.5) is 0 Å². The third-order valence-corrected chi connectivity index (χ3v) is 2.80. The van der Waals surface area contributed by atoms with Crippen molar-refractivity contribution in [2.24, 2.45) is 0 Å². The molecule has 0 aliphatic carbocycles. The van der Waals surface area contributed by atoms with Crippen molar-refractivity contribution in [3.8, 4) is 11.3 Å². The van der Waals surface area contributed by atoms with Gasteiger partial charge in [0.1, 0.15) is 11.5 Å². The summed E-state index contributed by atoms with van der Waals surface area (Å²) in [6.07, 6.45) is 1.44. The van der Waals surface area contributed by atoms with Crippen molar-refractivity contribution < 1.29 is 9.63 Å². The standard InChI is InChI=1S/C14H17NO2/c1-10-5-6-13(11(2)8-10)14-9-12(17-15-14)4-3-7-16/h5-6,8-9,16H,3-4,7H2,1-2H3. The fraction of sp³-hybridized carbons (Fsp3) is 0.357. The molecule has 0 aliphatic rings. The molecule has 0 radical (unpaired) electrons. The van der Waals surface area contributed by atoms with Crippen LogP contribution in [0.5, 0.6) is 0 Å². The minimum absolute atomic E-state index is 0.180. The molecule has 0 unspecified atom stereocenters. The van der Waals surface area contributed by atoms with E-state index in [0.717, 1.165) is 23.4 Å². The second-order valence-corrected chi connectivity index (χ2v) is 4.32. The number of nitrogens with zero attached hydrogens (tertiary/aromatic N) is 1. The number of aromatic nitrogens is 1. The molecule has 0 atom stereocenters. The monoisotopic (exact) mass is 231 g/mol. The summed E-state index contributed by atoms with van der Waals surface area (Å²) in [6, 6.07) is 8.23. The van der Waals surface area contributed by atoms with Gasteiger partial charge < -0.3 is 9.63 Å². The summed E-state index contributed by atoms with van der Waals surface area (Å²) >= 11 is 0. The second-order valence-electron chi connectivity index (χ2n) is 4.32. The maximum atomic E-state index is 8.76. The fourth-order valence-corrected chi connectivity index (χ4v) is 1.91. The molecule has 90 valence electrons. The first-order valence-corrected chi connectivity index (χ1v) is 5.85. The molecule has 0 saturated carbocycles. The van der Waals surface area contributed by atoms with E-state index in [1.165, 1.54) is 11.1 Å². The average Bonchev–Trinajstić information content (AvgIpc) is 2.75. The Morgan fingerprint density at radius 3 is 2.76 bits per heavy atom. The first-order valence-electron chi connectivity index (χ1n) is 5.85. The Hall–Kier alpha value is -1.61. The topological polar surface area (TPSA) is 46.3 Å². The Bertz CT molecular complexity index is 503. The summed E-state index contributed by atoms with van der Waals surface area (Å²) in [5, 5.41) is 12.8. The minimum Gasteiger partial charge on any atom is -0.396 e. The van der Waals surface area contributed by atoms with Crippen LogP contribution in [-0.4, -0.2) is 16.9 Å². The van der Waals surface area contributed by atoms with Crippen molar-refractivity contribution in [3.05, 3.63) is 41.2 Å². The van der Waals surface area contributed by atoms with Crippen molar-refractivity contribution in [3.63, 3.8) is 0 Å². The van der Waals surface area contributed by atoms with Crippen molar-refractivity contribution >= 4 is 0 Å². The van der Waals surface area contributed by atoms with Crippen LogP contribution in [0.25, 0.3) is 11.3 Å². The lowest BCUT2D eigenvalue weighted by Crippen LogP contribution is -1.86. The van der Waals surface area contributed by atoms with E-state index in [1.54, 1.807) is 0 Å². The summed E-state index contributed by atoms with van der Waals surface area (Å²) in [5.74, 6) is 0.828. The minimum atomic E-state index is 0.180. The zero-order chi connectivity index (χ0) is 12.3. The molecule has 17 heavy (non-hydrogen) atoms. The first kappa shape index (κ1) is 11.9. The molecule has 1 aromatic carbocycles. The van der Waals surface area contributed by atoms with Gasteiger partial charge in [-0.2, -0.15) is 0 Å². The van der Waals surface area contributed by atoms with E-state index in [-0.39, 0.29) is 6.61 Å². The third-order valence-electron chi connectivity index (χ3n) is 2.80. The van der Waals surface area contributed by atoms with E-state index in [1.807, 2.05) is 6.07 Å². The van der Waals surface area contributed by atoms with Gasteiger partial charge in [0.2, 0.25) is 0 Å². The molecule has 0 amide bonds. The van der Waals surface area contributed by atoms with Crippen molar-refractivity contribution in [2.45, 2.75) is 26.7 Å². The van der Waals surface area contributed by atoms with Gasteiger partial charge in [-0.3, -0.25) is 0 Å². The van der Waals surface area contributed by atoms with Gasteiger partial charge in [-0.15, -0.1) is 0 Å². The highest BCUT2D eigenvalue weighted by molar-refractivity contribution is 5.63. The summed E-state index contributed by atoms with van der Waals surface area (Å²) in [4.78, 5) is 0. The number of rotatable bonds is 4. The Kier molecular flexibility index (Phi) is 3.59. The van der Waals surface area contributed by atoms with Crippen molar-refractivity contribution in [2.75, 3.05) is 6.61 Å². The molecule has 2 rings (SSSR count). The summed E-state index contributed by atoms with van der Waals surface area (Å²) in [6.45, 7) is 4.33. The summed E-state index contributed by atoms with van der Waals surface area (Å²) < 4.78 is 5.25. The van der Waals surface area contributed by atoms with Crippen LogP contribution < -0.4 is 0 Å². The smallest absolute Gasteiger partial charge is 0.137 e. The molecular formula is C14H17NO2. The quantitative estimate of drug-likeness (QED) is 0.880. The third kappa shape index (κ3) is 2.74. The molecule has 3 nitrogen and oxygen atoms in total.